The van der Waals surface area contributed by atoms with Gasteiger partial charge in [-0.1, -0.05) is 19.3 Å². The van der Waals surface area contributed by atoms with Gasteiger partial charge < -0.3 is 10.2 Å². The van der Waals surface area contributed by atoms with Crippen LogP contribution in [0.5, 0.6) is 0 Å². The summed E-state index contributed by atoms with van der Waals surface area (Å²) in [5.41, 5.74) is 0. The Labute approximate surface area is 94.2 Å². The van der Waals surface area contributed by atoms with E-state index in [1.165, 1.54) is 0 Å². The van der Waals surface area contributed by atoms with Crippen LogP contribution in [0, 0.1) is 0 Å². The molecular weight excluding hydrogens is 227 g/mol. The van der Waals surface area contributed by atoms with E-state index in [0.717, 1.165) is 19.3 Å². The summed E-state index contributed by atoms with van der Waals surface area (Å²) in [6.45, 7) is 0. The maximum Gasteiger partial charge on any atom is 0.303 e. The second-order valence-corrected chi connectivity index (χ2v) is 3.06. The molecule has 0 atom stereocenters. The van der Waals surface area contributed by atoms with E-state index in [2.05, 4.69) is 0 Å². The van der Waals surface area contributed by atoms with Gasteiger partial charge in [-0.3, -0.25) is 9.59 Å². The standard InChI is InChI=1S/C9H16O4.Mn/c10-8(11)6-4-2-1-3-5-7-9(12)13;/h1-7H2,(H,10,11)(H,12,13);. The summed E-state index contributed by atoms with van der Waals surface area (Å²) in [5, 5.41) is 16.6. The predicted octanol–water partition coefficient (Wildman–Crippen LogP) is 1.88. The molecule has 14 heavy (non-hydrogen) atoms. The molecule has 0 rings (SSSR count). The van der Waals surface area contributed by atoms with E-state index in [4.69, 9.17) is 10.2 Å². The second-order valence-electron chi connectivity index (χ2n) is 3.06. The van der Waals surface area contributed by atoms with Crippen LogP contribution in [0.2, 0.25) is 0 Å². The Morgan fingerprint density at radius 3 is 1.29 bits per heavy atom. The third kappa shape index (κ3) is 14.0. The Hall–Kier alpha value is -0.541. The third-order valence-electron chi connectivity index (χ3n) is 1.78. The molecule has 4 nitrogen and oxygen atoms in total. The number of aliphatic carboxylic acids is 2. The number of carbonyl (C=O) groups is 2. The van der Waals surface area contributed by atoms with E-state index in [0.29, 0.717) is 12.8 Å². The fraction of sp³-hybridized carbons (Fsp3) is 0.778. The molecule has 0 aromatic carbocycles. The quantitative estimate of drug-likeness (QED) is 0.504. The minimum atomic E-state index is -0.759. The van der Waals surface area contributed by atoms with E-state index in [9.17, 15) is 9.59 Å². The number of carboxylic acid groups (broad SMARTS) is 2. The molecule has 2 N–H and O–H groups in total. The van der Waals surface area contributed by atoms with Gasteiger partial charge in [-0.05, 0) is 12.8 Å². The van der Waals surface area contributed by atoms with Crippen molar-refractivity contribution < 1.29 is 36.9 Å². The summed E-state index contributed by atoms with van der Waals surface area (Å²) in [7, 11) is 0. The van der Waals surface area contributed by atoms with Crippen LogP contribution >= 0.6 is 0 Å². The van der Waals surface area contributed by atoms with Gasteiger partial charge in [-0.2, -0.15) is 0 Å². The number of hydrogen-bond donors (Lipinski definition) is 2. The molecule has 0 aliphatic heterocycles. The largest absolute Gasteiger partial charge is 0.481 e. The molecule has 83 valence electrons. The van der Waals surface area contributed by atoms with Gasteiger partial charge in [0, 0.05) is 29.9 Å². The molecule has 0 saturated heterocycles. The van der Waals surface area contributed by atoms with E-state index in [1.807, 2.05) is 0 Å². The Morgan fingerprint density at radius 2 is 1.00 bits per heavy atom. The van der Waals surface area contributed by atoms with Gasteiger partial charge in [0.05, 0.1) is 0 Å². The zero-order chi connectivity index (χ0) is 10.1. The number of rotatable bonds is 8. The first kappa shape index (κ1) is 15.9. The molecule has 0 aromatic heterocycles. The van der Waals surface area contributed by atoms with Crippen molar-refractivity contribution in [3.63, 3.8) is 0 Å². The molecule has 0 aliphatic rings. The molecule has 0 aliphatic carbocycles. The summed E-state index contributed by atoms with van der Waals surface area (Å²) in [6.07, 6.45) is 4.53. The molecule has 0 heterocycles. The average Bonchev–Trinajstić information content (AvgIpc) is 2.01. The Balaban J connectivity index is 0. The first-order chi connectivity index (χ1) is 6.13. The van der Waals surface area contributed by atoms with Gasteiger partial charge >= 0.3 is 11.9 Å². The first-order valence-corrected chi connectivity index (χ1v) is 4.56. The van der Waals surface area contributed by atoms with Crippen LogP contribution in [-0.2, 0) is 26.7 Å². The topological polar surface area (TPSA) is 74.6 Å². The molecular formula is C9H16MnO4. The maximum atomic E-state index is 10.1. The molecule has 0 spiro atoms. The molecule has 5 heteroatoms. The summed E-state index contributed by atoms with van der Waals surface area (Å²) >= 11 is 0. The van der Waals surface area contributed by atoms with Crippen molar-refractivity contribution in [1.82, 2.24) is 0 Å². The van der Waals surface area contributed by atoms with Crippen molar-refractivity contribution in [3.05, 3.63) is 0 Å². The fourth-order valence-electron chi connectivity index (χ4n) is 1.08. The average molecular weight is 243 g/mol. The van der Waals surface area contributed by atoms with Gasteiger partial charge in [-0.25, -0.2) is 0 Å². The van der Waals surface area contributed by atoms with E-state index in [1.54, 1.807) is 0 Å². The molecule has 0 unspecified atom stereocenters. The predicted molar refractivity (Wildman–Crippen MR) is 47.6 cm³/mol. The van der Waals surface area contributed by atoms with Gasteiger partial charge in [0.25, 0.3) is 0 Å². The maximum absolute atomic E-state index is 10.1. The molecule has 0 saturated carbocycles. The number of hydrogen-bond acceptors (Lipinski definition) is 2. The van der Waals surface area contributed by atoms with Crippen molar-refractivity contribution in [2.75, 3.05) is 0 Å². The van der Waals surface area contributed by atoms with E-state index in [-0.39, 0.29) is 29.9 Å². The summed E-state index contributed by atoms with van der Waals surface area (Å²) < 4.78 is 0. The minimum absolute atomic E-state index is 0. The summed E-state index contributed by atoms with van der Waals surface area (Å²) in [5.74, 6) is -1.52. The van der Waals surface area contributed by atoms with Crippen molar-refractivity contribution in [2.24, 2.45) is 0 Å². The molecule has 0 aromatic rings. The number of carboxylic acids is 2. The molecule has 0 amide bonds. The fourth-order valence-corrected chi connectivity index (χ4v) is 1.08. The Morgan fingerprint density at radius 1 is 0.714 bits per heavy atom. The van der Waals surface area contributed by atoms with Crippen molar-refractivity contribution in [2.45, 2.75) is 44.9 Å². The van der Waals surface area contributed by atoms with Gasteiger partial charge in [0.2, 0.25) is 0 Å². The first-order valence-electron chi connectivity index (χ1n) is 4.56. The summed E-state index contributed by atoms with van der Waals surface area (Å²) in [6, 6.07) is 0. The van der Waals surface area contributed by atoms with Crippen LogP contribution in [0.25, 0.3) is 0 Å². The van der Waals surface area contributed by atoms with Crippen LogP contribution in [-0.4, -0.2) is 22.2 Å². The Bertz CT molecular complexity index is 152. The van der Waals surface area contributed by atoms with Crippen LogP contribution in [0.4, 0.5) is 0 Å². The third-order valence-corrected chi connectivity index (χ3v) is 1.78. The van der Waals surface area contributed by atoms with Crippen molar-refractivity contribution >= 4 is 11.9 Å². The van der Waals surface area contributed by atoms with Crippen LogP contribution in [0.15, 0.2) is 0 Å². The van der Waals surface area contributed by atoms with Crippen molar-refractivity contribution in [3.8, 4) is 0 Å². The molecule has 0 fully saturated rings. The SMILES string of the molecule is O=C(O)CCCCCCCC(=O)O.[Mn]. The smallest absolute Gasteiger partial charge is 0.303 e. The Kier molecular flexibility index (Phi) is 12.0. The normalized spacial score (nSPS) is 9.14. The second kappa shape index (κ2) is 10.5. The van der Waals surface area contributed by atoms with Gasteiger partial charge in [-0.15, -0.1) is 0 Å². The summed E-state index contributed by atoms with van der Waals surface area (Å²) in [4.78, 5) is 20.2. The zero-order valence-corrected chi connectivity index (χ0v) is 9.22. The monoisotopic (exact) mass is 243 g/mol. The van der Waals surface area contributed by atoms with E-state index < -0.39 is 11.9 Å². The molecule has 1 radical (unpaired) electrons. The van der Waals surface area contributed by atoms with Crippen LogP contribution in [0.1, 0.15) is 44.9 Å². The van der Waals surface area contributed by atoms with Gasteiger partial charge in [0.1, 0.15) is 0 Å². The van der Waals surface area contributed by atoms with Crippen molar-refractivity contribution in [1.29, 1.82) is 0 Å². The van der Waals surface area contributed by atoms with E-state index >= 15 is 0 Å². The van der Waals surface area contributed by atoms with Crippen LogP contribution < -0.4 is 0 Å². The number of unbranched alkanes of at least 4 members (excludes halogenated alkanes) is 4. The zero-order valence-electron chi connectivity index (χ0n) is 8.04. The van der Waals surface area contributed by atoms with Gasteiger partial charge in [0.15, 0.2) is 0 Å². The molecule has 0 bridgehead atoms. The minimum Gasteiger partial charge on any atom is -0.481 e. The van der Waals surface area contributed by atoms with Crippen LogP contribution in [0.3, 0.4) is 0 Å².